The number of carbonyl (C=O) groups is 1. The van der Waals surface area contributed by atoms with Crippen molar-refractivity contribution in [2.45, 2.75) is 39.2 Å². The summed E-state index contributed by atoms with van der Waals surface area (Å²) < 4.78 is 92.8. The average molecular weight is 704 g/mol. The molecule has 1 aromatic heterocycles. The van der Waals surface area contributed by atoms with Gasteiger partial charge in [-0.15, -0.1) is 13.2 Å². The van der Waals surface area contributed by atoms with Crippen LogP contribution in [0.25, 0.3) is 11.0 Å². The Hall–Kier alpha value is -3.87. The number of piperazine rings is 1. The SMILES string of the molecule is CS(N)(=O)=O.Cc1c(N2CCN(C)[C@@H](C)C2)ccc2c3c(c(=O)oc12)CN(C(=O)c1ccc(NS(C)(=O)=O)c(OC(F)(F)F)c1)CC3. The molecule has 3 aromatic rings. The summed E-state index contributed by atoms with van der Waals surface area (Å²) in [7, 11) is -5.00. The van der Waals surface area contributed by atoms with E-state index in [1.807, 2.05) is 23.8 Å². The lowest BCUT2D eigenvalue weighted by atomic mass is 9.95. The van der Waals surface area contributed by atoms with Gasteiger partial charge in [0.05, 0.1) is 30.3 Å². The van der Waals surface area contributed by atoms with Crippen LogP contribution in [0.3, 0.4) is 0 Å². The van der Waals surface area contributed by atoms with Crippen LogP contribution < -0.4 is 25.1 Å². The van der Waals surface area contributed by atoms with Gasteiger partial charge >= 0.3 is 12.0 Å². The van der Waals surface area contributed by atoms with Crippen molar-refractivity contribution in [1.82, 2.24) is 9.80 Å². The first kappa shape index (κ1) is 36.0. The monoisotopic (exact) mass is 703 g/mol. The van der Waals surface area contributed by atoms with Crippen molar-refractivity contribution >= 4 is 48.3 Å². The van der Waals surface area contributed by atoms with E-state index >= 15 is 0 Å². The number of ether oxygens (including phenoxy) is 1. The van der Waals surface area contributed by atoms with Crippen molar-refractivity contribution in [2.75, 3.05) is 55.4 Å². The van der Waals surface area contributed by atoms with Crippen LogP contribution in [0.5, 0.6) is 5.75 Å². The first-order valence-corrected chi connectivity index (χ1v) is 18.1. The molecule has 0 saturated carbocycles. The number of primary sulfonamides is 1. The van der Waals surface area contributed by atoms with E-state index in [4.69, 9.17) is 4.42 Å². The first-order valence-electron chi connectivity index (χ1n) is 14.3. The number of rotatable bonds is 5. The molecule has 1 amide bonds. The second-order valence-corrected chi connectivity index (χ2v) is 15.1. The molecular formula is C29H36F3N5O8S2. The number of fused-ring (bicyclic) bond motifs is 3. The molecule has 0 spiro atoms. The molecular weight excluding hydrogens is 667 g/mol. The van der Waals surface area contributed by atoms with E-state index < -0.39 is 49.4 Å². The van der Waals surface area contributed by atoms with Gasteiger partial charge in [-0.2, -0.15) is 0 Å². The maximum Gasteiger partial charge on any atom is 0.573 e. The molecule has 1 atom stereocenters. The molecule has 0 bridgehead atoms. The van der Waals surface area contributed by atoms with E-state index in [-0.39, 0.29) is 18.7 Å². The molecule has 2 aliphatic heterocycles. The van der Waals surface area contributed by atoms with E-state index in [2.05, 4.69) is 33.6 Å². The Balaban J connectivity index is 0.000000930. The number of nitrogens with two attached hydrogens (primary N) is 1. The highest BCUT2D eigenvalue weighted by molar-refractivity contribution is 7.92. The Labute approximate surface area is 270 Å². The van der Waals surface area contributed by atoms with Gasteiger partial charge in [0, 0.05) is 54.4 Å². The highest BCUT2D eigenvalue weighted by Crippen LogP contribution is 2.35. The number of alkyl halides is 3. The Kier molecular flexibility index (Phi) is 10.2. The van der Waals surface area contributed by atoms with Crippen LogP contribution in [-0.4, -0.2) is 90.7 Å². The zero-order valence-electron chi connectivity index (χ0n) is 26.3. The number of aryl methyl sites for hydroxylation is 1. The predicted molar refractivity (Wildman–Crippen MR) is 171 cm³/mol. The Morgan fingerprint density at radius 2 is 1.72 bits per heavy atom. The van der Waals surface area contributed by atoms with Crippen LogP contribution in [0.4, 0.5) is 24.5 Å². The Morgan fingerprint density at radius 3 is 2.32 bits per heavy atom. The maximum atomic E-state index is 13.3. The van der Waals surface area contributed by atoms with E-state index in [0.717, 1.165) is 66.5 Å². The number of nitrogens with one attached hydrogen (secondary N) is 1. The summed E-state index contributed by atoms with van der Waals surface area (Å²) in [6.07, 6.45) is -3.07. The fourth-order valence-electron chi connectivity index (χ4n) is 5.57. The average Bonchev–Trinajstić information content (AvgIpc) is 2.93. The number of likely N-dealkylation sites (N-methyl/N-ethyl adjacent to an activating group) is 1. The predicted octanol–water partition coefficient (Wildman–Crippen LogP) is 2.62. The van der Waals surface area contributed by atoms with E-state index in [1.165, 1.54) is 11.0 Å². The molecule has 0 radical (unpaired) electrons. The Morgan fingerprint density at radius 1 is 1.06 bits per heavy atom. The minimum absolute atomic E-state index is 0.0952. The molecule has 258 valence electrons. The molecule has 0 unspecified atom stereocenters. The van der Waals surface area contributed by atoms with Crippen molar-refractivity contribution in [3.8, 4) is 5.75 Å². The molecule has 1 fully saturated rings. The number of carbonyl (C=O) groups excluding carboxylic acids is 1. The van der Waals surface area contributed by atoms with Crippen LogP contribution >= 0.6 is 0 Å². The molecule has 3 heterocycles. The van der Waals surface area contributed by atoms with Crippen LogP contribution in [0.15, 0.2) is 39.5 Å². The lowest BCUT2D eigenvalue weighted by Gasteiger charge is -2.39. The zero-order valence-corrected chi connectivity index (χ0v) is 28.0. The van der Waals surface area contributed by atoms with Crippen molar-refractivity contribution in [2.24, 2.45) is 5.14 Å². The molecule has 47 heavy (non-hydrogen) atoms. The molecule has 18 heteroatoms. The van der Waals surface area contributed by atoms with Gasteiger partial charge < -0.3 is 23.9 Å². The van der Waals surface area contributed by atoms with E-state index in [1.54, 1.807) is 0 Å². The summed E-state index contributed by atoms with van der Waals surface area (Å²) in [5, 5.41) is 5.12. The normalized spacial score (nSPS) is 17.5. The highest BCUT2D eigenvalue weighted by atomic mass is 32.2. The lowest BCUT2D eigenvalue weighted by Crippen LogP contribution is -2.50. The third kappa shape index (κ3) is 9.15. The molecule has 3 N–H and O–H groups in total. The van der Waals surface area contributed by atoms with Crippen molar-refractivity contribution in [3.63, 3.8) is 0 Å². The summed E-state index contributed by atoms with van der Waals surface area (Å²) in [5.41, 5.74) is 2.25. The van der Waals surface area contributed by atoms with Crippen LogP contribution in [0.2, 0.25) is 0 Å². The van der Waals surface area contributed by atoms with Gasteiger partial charge in [0.15, 0.2) is 5.75 Å². The van der Waals surface area contributed by atoms with Gasteiger partial charge in [-0.1, -0.05) is 0 Å². The van der Waals surface area contributed by atoms with Crippen LogP contribution in [0.1, 0.15) is 34.0 Å². The van der Waals surface area contributed by atoms with E-state index in [9.17, 15) is 39.6 Å². The number of sulfonamides is 2. The van der Waals surface area contributed by atoms with Crippen molar-refractivity contribution < 1.29 is 44.0 Å². The summed E-state index contributed by atoms with van der Waals surface area (Å²) in [5.74, 6) is -1.52. The molecule has 2 aliphatic rings. The molecule has 13 nitrogen and oxygen atoms in total. The number of benzene rings is 2. The minimum Gasteiger partial charge on any atom is -0.422 e. The van der Waals surface area contributed by atoms with Gasteiger partial charge in [0.2, 0.25) is 20.0 Å². The smallest absolute Gasteiger partial charge is 0.422 e. The van der Waals surface area contributed by atoms with Gasteiger partial charge in [-0.05, 0) is 63.2 Å². The lowest BCUT2D eigenvalue weighted by molar-refractivity contribution is -0.274. The molecule has 1 saturated heterocycles. The van der Waals surface area contributed by atoms with Crippen LogP contribution in [-0.2, 0) is 33.0 Å². The van der Waals surface area contributed by atoms with Crippen molar-refractivity contribution in [1.29, 1.82) is 0 Å². The van der Waals surface area contributed by atoms with Gasteiger partial charge in [0.25, 0.3) is 5.91 Å². The molecule has 5 rings (SSSR count). The third-order valence-electron chi connectivity index (χ3n) is 7.83. The highest BCUT2D eigenvalue weighted by Gasteiger charge is 2.34. The van der Waals surface area contributed by atoms with E-state index in [0.29, 0.717) is 23.6 Å². The molecule has 0 aliphatic carbocycles. The van der Waals surface area contributed by atoms with Crippen molar-refractivity contribution in [3.05, 3.63) is 63.0 Å². The summed E-state index contributed by atoms with van der Waals surface area (Å²) >= 11 is 0. The van der Waals surface area contributed by atoms with Gasteiger partial charge in [-0.3, -0.25) is 9.52 Å². The number of nitrogens with zero attached hydrogens (tertiary/aromatic N) is 3. The van der Waals surface area contributed by atoms with Gasteiger partial charge in [0.1, 0.15) is 5.58 Å². The fraction of sp³-hybridized carbons (Fsp3) is 0.448. The maximum absolute atomic E-state index is 13.3. The topological polar surface area (TPSA) is 173 Å². The minimum atomic E-state index is -5.12. The number of anilines is 2. The number of hydrogen-bond donors (Lipinski definition) is 2. The second-order valence-electron chi connectivity index (χ2n) is 11.6. The Bertz CT molecular complexity index is 1960. The third-order valence-corrected chi connectivity index (χ3v) is 8.42. The second kappa shape index (κ2) is 13.3. The number of halogens is 3. The standard InChI is InChI=1S/C28H31F3N4O6S.CH5NO2S/c1-16-14-34(12-11-33(16)3)23-8-6-20-19-9-10-35(15-21(19)27(37)40-25(20)17(23)2)26(36)18-5-7-22(32-42(4,38)39)24(13-18)41-28(29,30)31;1-5(2,3)4/h5-8,13,16,32H,9-12,14-15H2,1-4H3;1H3,(H2,2,3,4)/t16-;/m0./s1. The summed E-state index contributed by atoms with van der Waals surface area (Å²) in [6.45, 7) is 6.81. The zero-order chi connectivity index (χ0) is 35.1. The largest absolute Gasteiger partial charge is 0.573 e. The summed E-state index contributed by atoms with van der Waals surface area (Å²) in [6, 6.07) is 7.39. The number of amides is 1. The summed E-state index contributed by atoms with van der Waals surface area (Å²) in [4.78, 5) is 32.4. The van der Waals surface area contributed by atoms with Crippen LogP contribution in [0, 0.1) is 6.92 Å². The molecule has 2 aromatic carbocycles. The fourth-order valence-corrected chi connectivity index (χ4v) is 6.14. The van der Waals surface area contributed by atoms with Gasteiger partial charge in [-0.25, -0.2) is 26.8 Å². The number of hydrogen-bond acceptors (Lipinski definition) is 10. The first-order chi connectivity index (χ1) is 21.6. The quantitative estimate of drug-likeness (QED) is 0.377.